The van der Waals surface area contributed by atoms with E-state index in [-0.39, 0.29) is 29.8 Å². The van der Waals surface area contributed by atoms with Crippen LogP contribution in [0.1, 0.15) is 11.1 Å². The second-order valence-electron chi connectivity index (χ2n) is 5.06. The highest BCUT2D eigenvalue weighted by atomic mass is 35.5. The molecule has 0 spiro atoms. The average Bonchev–Trinajstić information content (AvgIpc) is 2.64. The van der Waals surface area contributed by atoms with Crippen LogP contribution in [0.3, 0.4) is 0 Å². The van der Waals surface area contributed by atoms with E-state index in [1.807, 2.05) is 0 Å². The quantitative estimate of drug-likeness (QED) is 0.413. The number of methoxy groups -OCH3 is 1. The van der Waals surface area contributed by atoms with E-state index in [0.717, 1.165) is 0 Å². The summed E-state index contributed by atoms with van der Waals surface area (Å²) in [4.78, 5) is 11.4. The van der Waals surface area contributed by atoms with Gasteiger partial charge in [-0.25, -0.2) is 9.18 Å². The summed E-state index contributed by atoms with van der Waals surface area (Å²) in [6.45, 7) is -0.105. The van der Waals surface area contributed by atoms with Gasteiger partial charge in [-0.05, 0) is 29.8 Å². The van der Waals surface area contributed by atoms with Crippen LogP contribution >= 0.6 is 11.6 Å². The summed E-state index contributed by atoms with van der Waals surface area (Å²) in [5.74, 6) is 1.90. The largest absolute Gasteiger partial charge is 0.493 e. The predicted molar refractivity (Wildman–Crippen MR) is 97.6 cm³/mol. The van der Waals surface area contributed by atoms with Crippen LogP contribution in [0.2, 0.25) is 5.02 Å². The van der Waals surface area contributed by atoms with Crippen molar-refractivity contribution in [1.82, 2.24) is 0 Å². The van der Waals surface area contributed by atoms with Crippen molar-refractivity contribution < 1.29 is 23.4 Å². The first-order valence-electron chi connectivity index (χ1n) is 7.57. The summed E-state index contributed by atoms with van der Waals surface area (Å²) >= 11 is 6.24. The smallest absolute Gasteiger partial charge is 0.331 e. The molecule has 0 radical (unpaired) electrons. The van der Waals surface area contributed by atoms with Gasteiger partial charge in [0.2, 0.25) is 0 Å². The van der Waals surface area contributed by atoms with Crippen molar-refractivity contribution in [3.63, 3.8) is 0 Å². The maximum absolute atomic E-state index is 13.7. The van der Waals surface area contributed by atoms with Gasteiger partial charge in [-0.3, -0.25) is 0 Å². The monoisotopic (exact) mass is 374 g/mol. The van der Waals surface area contributed by atoms with E-state index < -0.39 is 5.97 Å². The number of esters is 1. The van der Waals surface area contributed by atoms with Gasteiger partial charge in [-0.1, -0.05) is 35.7 Å². The number of rotatable bonds is 7. The fraction of sp³-hybridized carbons (Fsp3) is 0.150. The summed E-state index contributed by atoms with van der Waals surface area (Å²) in [6.07, 6.45) is 7.75. The van der Waals surface area contributed by atoms with Crippen molar-refractivity contribution in [2.45, 2.75) is 6.61 Å². The third-order valence-electron chi connectivity index (χ3n) is 3.29. The molecule has 0 bridgehead atoms. The molecule has 0 atom stereocenters. The zero-order chi connectivity index (χ0) is 18.9. The van der Waals surface area contributed by atoms with Crippen LogP contribution in [0.15, 0.2) is 42.5 Å². The molecule has 134 valence electrons. The molecule has 0 aliphatic rings. The van der Waals surface area contributed by atoms with Crippen molar-refractivity contribution >= 4 is 23.6 Å². The molecule has 0 amide bonds. The SMILES string of the molecule is C#CCOC(=O)/C=C/c1cc(Cl)c(OCc2ccccc2F)c(OC)c1. The van der Waals surface area contributed by atoms with E-state index in [4.69, 9.17) is 32.2 Å². The Morgan fingerprint density at radius 2 is 2.12 bits per heavy atom. The molecule has 2 aromatic rings. The lowest BCUT2D eigenvalue weighted by atomic mass is 10.2. The predicted octanol–water partition coefficient (Wildman–Crippen LogP) is 4.26. The molecule has 0 heterocycles. The number of carbonyl (C=O) groups excluding carboxylic acids is 1. The fourth-order valence-corrected chi connectivity index (χ4v) is 2.34. The summed E-state index contributed by atoms with van der Waals surface area (Å²) in [5.41, 5.74) is 0.994. The highest BCUT2D eigenvalue weighted by Crippen LogP contribution is 2.37. The van der Waals surface area contributed by atoms with Crippen LogP contribution in [-0.2, 0) is 16.1 Å². The molecule has 0 aromatic heterocycles. The van der Waals surface area contributed by atoms with Gasteiger partial charge in [-0.2, -0.15) is 0 Å². The Morgan fingerprint density at radius 3 is 2.81 bits per heavy atom. The number of ether oxygens (including phenoxy) is 3. The van der Waals surface area contributed by atoms with Crippen LogP contribution in [0, 0.1) is 18.2 Å². The Hall–Kier alpha value is -2.97. The summed E-state index contributed by atoms with van der Waals surface area (Å²) in [5, 5.41) is 0.261. The van der Waals surface area contributed by atoms with E-state index in [2.05, 4.69) is 5.92 Å². The van der Waals surface area contributed by atoms with Crippen LogP contribution in [-0.4, -0.2) is 19.7 Å². The standard InChI is InChI=1S/C20H16ClFO4/c1-3-10-25-19(23)9-8-14-11-16(21)20(18(12-14)24-2)26-13-15-6-4-5-7-17(15)22/h1,4-9,11-12H,10,13H2,2H3/b9-8+. The molecule has 0 aliphatic heterocycles. The maximum Gasteiger partial charge on any atom is 0.331 e. The molecule has 0 fully saturated rings. The minimum atomic E-state index is -0.571. The average molecular weight is 375 g/mol. The van der Waals surface area contributed by atoms with E-state index in [1.54, 1.807) is 30.3 Å². The lowest BCUT2D eigenvalue weighted by molar-refractivity contribution is -0.136. The van der Waals surface area contributed by atoms with Gasteiger partial charge in [0.1, 0.15) is 12.4 Å². The van der Waals surface area contributed by atoms with E-state index in [9.17, 15) is 9.18 Å². The van der Waals surface area contributed by atoms with Crippen LogP contribution in [0.4, 0.5) is 4.39 Å². The zero-order valence-corrected chi connectivity index (χ0v) is 14.8. The van der Waals surface area contributed by atoms with Crippen molar-refractivity contribution in [1.29, 1.82) is 0 Å². The Labute approximate surface area is 156 Å². The molecule has 0 saturated carbocycles. The minimum absolute atomic E-state index is 0.00362. The molecular weight excluding hydrogens is 359 g/mol. The Balaban J connectivity index is 2.16. The van der Waals surface area contributed by atoms with Gasteiger partial charge in [0.15, 0.2) is 18.1 Å². The van der Waals surface area contributed by atoms with Gasteiger partial charge < -0.3 is 14.2 Å². The van der Waals surface area contributed by atoms with Crippen LogP contribution in [0.5, 0.6) is 11.5 Å². The summed E-state index contributed by atoms with van der Waals surface area (Å²) in [7, 11) is 1.45. The van der Waals surface area contributed by atoms with Gasteiger partial charge in [0, 0.05) is 11.6 Å². The topological polar surface area (TPSA) is 44.8 Å². The Kier molecular flexibility index (Phi) is 7.07. The van der Waals surface area contributed by atoms with Crippen molar-refractivity contribution in [3.8, 4) is 23.8 Å². The van der Waals surface area contributed by atoms with E-state index in [0.29, 0.717) is 16.9 Å². The summed E-state index contributed by atoms with van der Waals surface area (Å²) < 4.78 is 29.3. The number of hydrogen-bond donors (Lipinski definition) is 0. The van der Waals surface area contributed by atoms with Crippen LogP contribution in [0.25, 0.3) is 6.08 Å². The molecule has 0 saturated heterocycles. The third-order valence-corrected chi connectivity index (χ3v) is 3.57. The molecule has 0 N–H and O–H groups in total. The fourth-order valence-electron chi connectivity index (χ4n) is 2.07. The molecule has 2 aromatic carbocycles. The minimum Gasteiger partial charge on any atom is -0.493 e. The molecule has 4 nitrogen and oxygen atoms in total. The van der Waals surface area contributed by atoms with Crippen molar-refractivity contribution in [2.75, 3.05) is 13.7 Å². The van der Waals surface area contributed by atoms with Gasteiger partial charge >= 0.3 is 5.97 Å². The van der Waals surface area contributed by atoms with E-state index in [1.165, 1.54) is 25.3 Å². The normalized spacial score (nSPS) is 10.4. The maximum atomic E-state index is 13.7. The first-order valence-corrected chi connectivity index (χ1v) is 7.95. The van der Waals surface area contributed by atoms with Crippen LogP contribution < -0.4 is 9.47 Å². The number of halogens is 2. The molecule has 26 heavy (non-hydrogen) atoms. The van der Waals surface area contributed by atoms with E-state index >= 15 is 0 Å². The second-order valence-corrected chi connectivity index (χ2v) is 5.47. The first kappa shape index (κ1) is 19.4. The van der Waals surface area contributed by atoms with Crippen molar-refractivity contribution in [2.24, 2.45) is 0 Å². The highest BCUT2D eigenvalue weighted by molar-refractivity contribution is 6.32. The number of terminal acetylenes is 1. The van der Waals surface area contributed by atoms with Gasteiger partial charge in [0.05, 0.1) is 12.1 Å². The first-order chi connectivity index (χ1) is 12.5. The summed E-state index contributed by atoms with van der Waals surface area (Å²) in [6, 6.07) is 9.51. The van der Waals surface area contributed by atoms with Gasteiger partial charge in [-0.15, -0.1) is 6.42 Å². The lowest BCUT2D eigenvalue weighted by Gasteiger charge is -2.13. The number of carbonyl (C=O) groups is 1. The molecule has 0 aliphatic carbocycles. The Morgan fingerprint density at radius 1 is 1.35 bits per heavy atom. The third kappa shape index (κ3) is 5.27. The molecular formula is C20H16ClFO4. The highest BCUT2D eigenvalue weighted by Gasteiger charge is 2.13. The number of hydrogen-bond acceptors (Lipinski definition) is 4. The Bertz CT molecular complexity index is 855. The number of benzene rings is 2. The van der Waals surface area contributed by atoms with Crippen molar-refractivity contribution in [3.05, 3.63) is 64.4 Å². The molecule has 6 heteroatoms. The molecule has 0 unspecified atom stereocenters. The molecule has 2 rings (SSSR count). The second kappa shape index (κ2) is 9.50. The zero-order valence-electron chi connectivity index (χ0n) is 14.0. The van der Waals surface area contributed by atoms with Gasteiger partial charge in [0.25, 0.3) is 0 Å². The lowest BCUT2D eigenvalue weighted by Crippen LogP contribution is -2.01.